The first-order chi connectivity index (χ1) is 9.61. The summed E-state index contributed by atoms with van der Waals surface area (Å²) in [7, 11) is 0. The number of hydrogen-bond acceptors (Lipinski definition) is 2. The average Bonchev–Trinajstić information content (AvgIpc) is 2.43. The van der Waals surface area contributed by atoms with E-state index in [0.717, 1.165) is 30.3 Å². The van der Waals surface area contributed by atoms with Gasteiger partial charge in [-0.3, -0.25) is 4.98 Å². The second kappa shape index (κ2) is 6.57. The van der Waals surface area contributed by atoms with Crippen LogP contribution in [0.5, 0.6) is 0 Å². The Morgan fingerprint density at radius 3 is 2.70 bits per heavy atom. The summed E-state index contributed by atoms with van der Waals surface area (Å²) < 4.78 is 27.4. The quantitative estimate of drug-likeness (QED) is 0.899. The molecule has 1 atom stereocenters. The van der Waals surface area contributed by atoms with Crippen LogP contribution in [0.1, 0.15) is 36.2 Å². The lowest BCUT2D eigenvalue weighted by Crippen LogP contribution is -2.24. The van der Waals surface area contributed by atoms with Crippen LogP contribution < -0.4 is 5.32 Å². The molecule has 0 aliphatic carbocycles. The maximum atomic E-state index is 14.0. The van der Waals surface area contributed by atoms with Crippen molar-refractivity contribution in [2.24, 2.45) is 0 Å². The third-order valence-electron chi connectivity index (χ3n) is 3.12. The van der Waals surface area contributed by atoms with Gasteiger partial charge in [0.1, 0.15) is 11.6 Å². The second-order valence-corrected chi connectivity index (χ2v) is 4.78. The smallest absolute Gasteiger partial charge is 0.128 e. The topological polar surface area (TPSA) is 24.9 Å². The van der Waals surface area contributed by atoms with Gasteiger partial charge in [-0.15, -0.1) is 0 Å². The van der Waals surface area contributed by atoms with Crippen LogP contribution in [0.4, 0.5) is 8.78 Å². The summed E-state index contributed by atoms with van der Waals surface area (Å²) in [4.78, 5) is 4.14. The molecule has 1 heterocycles. The number of aryl methyl sites for hydroxylation is 1. The van der Waals surface area contributed by atoms with Gasteiger partial charge in [0.05, 0.1) is 6.04 Å². The summed E-state index contributed by atoms with van der Waals surface area (Å²) in [6.07, 6.45) is 2.60. The summed E-state index contributed by atoms with van der Waals surface area (Å²) in [5, 5.41) is 3.26. The Hall–Kier alpha value is -1.81. The molecule has 0 radical (unpaired) electrons. The third kappa shape index (κ3) is 3.39. The van der Waals surface area contributed by atoms with E-state index in [0.29, 0.717) is 5.56 Å². The molecule has 4 heteroatoms. The van der Waals surface area contributed by atoms with Gasteiger partial charge in [-0.25, -0.2) is 8.78 Å². The van der Waals surface area contributed by atoms with E-state index in [-0.39, 0.29) is 6.04 Å². The van der Waals surface area contributed by atoms with Crippen molar-refractivity contribution in [1.82, 2.24) is 10.3 Å². The SMILES string of the molecule is CCCNC(c1ccnc(C)c1)c1cc(F)ccc1F. The molecule has 106 valence electrons. The number of aromatic nitrogens is 1. The molecular formula is C16H18F2N2. The van der Waals surface area contributed by atoms with Crippen LogP contribution in [0.15, 0.2) is 36.5 Å². The molecule has 1 unspecified atom stereocenters. The molecule has 2 nitrogen and oxygen atoms in total. The van der Waals surface area contributed by atoms with Gasteiger partial charge in [0.15, 0.2) is 0 Å². The first-order valence-electron chi connectivity index (χ1n) is 6.72. The predicted octanol–water partition coefficient (Wildman–Crippen LogP) is 3.76. The number of hydrogen-bond donors (Lipinski definition) is 1. The van der Waals surface area contributed by atoms with Crippen molar-refractivity contribution in [3.8, 4) is 0 Å². The van der Waals surface area contributed by atoms with E-state index in [1.54, 1.807) is 6.20 Å². The van der Waals surface area contributed by atoms with Crippen LogP contribution in [0, 0.1) is 18.6 Å². The molecule has 0 saturated carbocycles. The van der Waals surface area contributed by atoms with E-state index in [2.05, 4.69) is 10.3 Å². The van der Waals surface area contributed by atoms with Crippen LogP contribution >= 0.6 is 0 Å². The van der Waals surface area contributed by atoms with Crippen molar-refractivity contribution in [3.05, 3.63) is 65.0 Å². The van der Waals surface area contributed by atoms with E-state index in [4.69, 9.17) is 0 Å². The highest BCUT2D eigenvalue weighted by Gasteiger charge is 2.18. The van der Waals surface area contributed by atoms with Gasteiger partial charge >= 0.3 is 0 Å². The summed E-state index contributed by atoms with van der Waals surface area (Å²) in [5.41, 5.74) is 2.06. The van der Waals surface area contributed by atoms with Crippen LogP contribution in [0.2, 0.25) is 0 Å². The van der Waals surface area contributed by atoms with Crippen LogP contribution in [-0.4, -0.2) is 11.5 Å². The molecule has 2 rings (SSSR count). The number of nitrogens with zero attached hydrogens (tertiary/aromatic N) is 1. The number of benzene rings is 1. The van der Waals surface area contributed by atoms with Crippen molar-refractivity contribution >= 4 is 0 Å². The van der Waals surface area contributed by atoms with E-state index in [9.17, 15) is 8.78 Å². The Bertz CT molecular complexity index is 584. The molecule has 1 aromatic heterocycles. The van der Waals surface area contributed by atoms with Gasteiger partial charge in [0.25, 0.3) is 0 Å². The first kappa shape index (κ1) is 14.6. The van der Waals surface area contributed by atoms with Crippen LogP contribution in [0.3, 0.4) is 0 Å². The maximum Gasteiger partial charge on any atom is 0.128 e. The number of nitrogens with one attached hydrogen (secondary N) is 1. The summed E-state index contributed by atoms with van der Waals surface area (Å²) in [6.45, 7) is 4.63. The molecule has 0 saturated heterocycles. The molecule has 0 aliphatic heterocycles. The van der Waals surface area contributed by atoms with E-state index in [1.165, 1.54) is 12.1 Å². The molecule has 0 spiro atoms. The Labute approximate surface area is 117 Å². The Kier molecular flexibility index (Phi) is 4.79. The van der Waals surface area contributed by atoms with Crippen molar-refractivity contribution in [3.63, 3.8) is 0 Å². The van der Waals surface area contributed by atoms with Crippen molar-refractivity contribution in [2.75, 3.05) is 6.54 Å². The zero-order valence-corrected chi connectivity index (χ0v) is 11.7. The number of rotatable bonds is 5. The minimum atomic E-state index is -0.435. The Morgan fingerprint density at radius 2 is 2.00 bits per heavy atom. The fraction of sp³-hybridized carbons (Fsp3) is 0.312. The highest BCUT2D eigenvalue weighted by molar-refractivity contribution is 5.33. The van der Waals surface area contributed by atoms with Crippen LogP contribution in [-0.2, 0) is 0 Å². The van der Waals surface area contributed by atoms with Gasteiger partial charge in [0.2, 0.25) is 0 Å². The molecule has 0 fully saturated rings. The van der Waals surface area contributed by atoms with Crippen LogP contribution in [0.25, 0.3) is 0 Å². The third-order valence-corrected chi connectivity index (χ3v) is 3.12. The molecule has 0 bridgehead atoms. The second-order valence-electron chi connectivity index (χ2n) is 4.78. The number of halogens is 2. The lowest BCUT2D eigenvalue weighted by atomic mass is 9.98. The molecule has 0 aliphatic rings. The standard InChI is InChI=1S/C16H18F2N2/c1-3-7-20-16(12-6-8-19-11(2)9-12)14-10-13(17)4-5-15(14)18/h4-6,8-10,16,20H,3,7H2,1-2H3. The molecular weight excluding hydrogens is 258 g/mol. The van der Waals surface area contributed by atoms with Gasteiger partial charge < -0.3 is 5.32 Å². The fourth-order valence-electron chi connectivity index (χ4n) is 2.18. The van der Waals surface area contributed by atoms with Crippen molar-refractivity contribution in [2.45, 2.75) is 26.3 Å². The minimum Gasteiger partial charge on any atom is -0.306 e. The fourth-order valence-corrected chi connectivity index (χ4v) is 2.18. The zero-order chi connectivity index (χ0) is 14.5. The Balaban J connectivity index is 2.44. The van der Waals surface area contributed by atoms with Crippen molar-refractivity contribution in [1.29, 1.82) is 0 Å². The van der Waals surface area contributed by atoms with Gasteiger partial charge in [-0.05, 0) is 55.8 Å². The average molecular weight is 276 g/mol. The summed E-state index contributed by atoms with van der Waals surface area (Å²) in [5.74, 6) is -0.843. The lowest BCUT2D eigenvalue weighted by Gasteiger charge is -2.20. The maximum absolute atomic E-state index is 14.0. The van der Waals surface area contributed by atoms with E-state index in [1.807, 2.05) is 26.0 Å². The van der Waals surface area contributed by atoms with Gasteiger partial charge in [-0.2, -0.15) is 0 Å². The monoisotopic (exact) mass is 276 g/mol. The molecule has 0 amide bonds. The molecule has 1 aromatic carbocycles. The zero-order valence-electron chi connectivity index (χ0n) is 11.7. The predicted molar refractivity (Wildman–Crippen MR) is 75.5 cm³/mol. The van der Waals surface area contributed by atoms with Gasteiger partial charge in [0, 0.05) is 17.5 Å². The van der Waals surface area contributed by atoms with Gasteiger partial charge in [-0.1, -0.05) is 6.92 Å². The Morgan fingerprint density at radius 1 is 1.20 bits per heavy atom. The number of pyridine rings is 1. The van der Waals surface area contributed by atoms with E-state index >= 15 is 0 Å². The molecule has 1 N–H and O–H groups in total. The highest BCUT2D eigenvalue weighted by atomic mass is 19.1. The summed E-state index contributed by atoms with van der Waals surface area (Å²) >= 11 is 0. The van der Waals surface area contributed by atoms with E-state index < -0.39 is 11.6 Å². The minimum absolute atomic E-state index is 0.323. The highest BCUT2D eigenvalue weighted by Crippen LogP contribution is 2.25. The normalized spacial score (nSPS) is 12.4. The van der Waals surface area contributed by atoms with Crippen molar-refractivity contribution < 1.29 is 8.78 Å². The lowest BCUT2D eigenvalue weighted by molar-refractivity contribution is 0.535. The summed E-state index contributed by atoms with van der Waals surface area (Å²) in [6, 6.07) is 6.89. The largest absolute Gasteiger partial charge is 0.306 e. The first-order valence-corrected chi connectivity index (χ1v) is 6.72. The molecule has 20 heavy (non-hydrogen) atoms. The molecule has 2 aromatic rings.